The normalized spacial score (nSPS) is 11.4. The SMILES string of the molecule is CCOC(=O)c1cc(OC(=O)CCNCCc2ccc(N=Nc3nc4ccc(Cl)c(Cl)c4s3)cc2)c2ccccc2n1. The van der Waals surface area contributed by atoms with E-state index in [1.807, 2.05) is 30.3 Å². The van der Waals surface area contributed by atoms with Gasteiger partial charge in [0.05, 0.1) is 44.5 Å². The summed E-state index contributed by atoms with van der Waals surface area (Å²) in [6, 6.07) is 19.8. The lowest BCUT2D eigenvalue weighted by Gasteiger charge is -2.10. The minimum Gasteiger partial charge on any atom is -0.461 e. The van der Waals surface area contributed by atoms with Gasteiger partial charge >= 0.3 is 11.9 Å². The van der Waals surface area contributed by atoms with Gasteiger partial charge in [-0.15, -0.1) is 10.2 Å². The van der Waals surface area contributed by atoms with Crippen molar-refractivity contribution >= 4 is 78.4 Å². The number of hydrogen-bond acceptors (Lipinski definition) is 10. The molecule has 1 N–H and O–H groups in total. The number of rotatable bonds is 11. The maximum absolute atomic E-state index is 12.5. The first-order valence-corrected chi connectivity index (χ1v) is 14.7. The zero-order chi connectivity index (χ0) is 29.5. The summed E-state index contributed by atoms with van der Waals surface area (Å²) in [5.41, 5.74) is 3.18. The summed E-state index contributed by atoms with van der Waals surface area (Å²) in [6.45, 7) is 3.06. The highest BCUT2D eigenvalue weighted by atomic mass is 35.5. The van der Waals surface area contributed by atoms with Crippen LogP contribution < -0.4 is 10.1 Å². The van der Waals surface area contributed by atoms with Crippen LogP contribution in [0.1, 0.15) is 29.4 Å². The van der Waals surface area contributed by atoms with Gasteiger partial charge < -0.3 is 14.8 Å². The lowest BCUT2D eigenvalue weighted by Crippen LogP contribution is -2.22. The summed E-state index contributed by atoms with van der Waals surface area (Å²) >= 11 is 13.7. The van der Waals surface area contributed by atoms with Crippen LogP contribution in [0, 0.1) is 0 Å². The van der Waals surface area contributed by atoms with Crippen molar-refractivity contribution in [2.24, 2.45) is 10.2 Å². The van der Waals surface area contributed by atoms with Crippen molar-refractivity contribution in [2.45, 2.75) is 19.8 Å². The lowest BCUT2D eigenvalue weighted by atomic mass is 10.1. The summed E-state index contributed by atoms with van der Waals surface area (Å²) in [6.07, 6.45) is 0.926. The zero-order valence-corrected chi connectivity index (χ0v) is 24.8. The number of nitrogens with zero attached hydrogens (tertiary/aromatic N) is 4. The molecule has 2 heterocycles. The van der Waals surface area contributed by atoms with Gasteiger partial charge in [-0.25, -0.2) is 14.8 Å². The molecule has 12 heteroatoms. The number of hydrogen-bond donors (Lipinski definition) is 1. The quantitative estimate of drug-likeness (QED) is 0.0906. The molecule has 0 aliphatic carbocycles. The Hall–Kier alpha value is -3.96. The van der Waals surface area contributed by atoms with E-state index >= 15 is 0 Å². The second-order valence-corrected chi connectivity index (χ2v) is 10.8. The summed E-state index contributed by atoms with van der Waals surface area (Å²) < 4.78 is 11.4. The van der Waals surface area contributed by atoms with Gasteiger partial charge in [-0.05, 0) is 61.9 Å². The molecular formula is C30H25Cl2N5O4S. The average Bonchev–Trinajstić information content (AvgIpc) is 3.42. The number of para-hydroxylation sites is 1. The lowest BCUT2D eigenvalue weighted by molar-refractivity contribution is -0.134. The number of aromatic nitrogens is 2. The molecule has 0 radical (unpaired) electrons. The molecule has 0 atom stereocenters. The van der Waals surface area contributed by atoms with E-state index in [0.29, 0.717) is 44.9 Å². The molecule has 0 aliphatic heterocycles. The Morgan fingerprint density at radius 1 is 0.952 bits per heavy atom. The van der Waals surface area contributed by atoms with Crippen LogP contribution in [0.25, 0.3) is 21.1 Å². The van der Waals surface area contributed by atoms with Gasteiger partial charge in [0.2, 0.25) is 5.13 Å². The van der Waals surface area contributed by atoms with Crippen LogP contribution in [0.5, 0.6) is 5.75 Å². The Morgan fingerprint density at radius 3 is 2.57 bits per heavy atom. The third kappa shape index (κ3) is 7.27. The topological polar surface area (TPSA) is 115 Å². The molecule has 3 aromatic carbocycles. The van der Waals surface area contributed by atoms with Gasteiger partial charge in [0, 0.05) is 18.0 Å². The van der Waals surface area contributed by atoms with Crippen molar-refractivity contribution in [3.8, 4) is 5.75 Å². The first-order valence-electron chi connectivity index (χ1n) is 13.1. The zero-order valence-electron chi connectivity index (χ0n) is 22.5. The van der Waals surface area contributed by atoms with Crippen LogP contribution >= 0.6 is 34.5 Å². The maximum atomic E-state index is 12.5. The van der Waals surface area contributed by atoms with Gasteiger partial charge in [-0.2, -0.15) is 0 Å². The number of fused-ring (bicyclic) bond motifs is 2. The van der Waals surface area contributed by atoms with Gasteiger partial charge in [-0.1, -0.05) is 58.8 Å². The van der Waals surface area contributed by atoms with Crippen molar-refractivity contribution in [3.63, 3.8) is 0 Å². The van der Waals surface area contributed by atoms with E-state index in [1.54, 1.807) is 37.3 Å². The molecule has 0 saturated heterocycles. The highest BCUT2D eigenvalue weighted by molar-refractivity contribution is 7.22. The van der Waals surface area contributed by atoms with Gasteiger partial charge in [0.15, 0.2) is 5.69 Å². The summed E-state index contributed by atoms with van der Waals surface area (Å²) in [7, 11) is 0. The highest BCUT2D eigenvalue weighted by Gasteiger charge is 2.16. The molecule has 0 unspecified atom stereocenters. The first-order chi connectivity index (χ1) is 20.4. The van der Waals surface area contributed by atoms with Crippen molar-refractivity contribution < 1.29 is 19.1 Å². The molecule has 0 spiro atoms. The van der Waals surface area contributed by atoms with Crippen LogP contribution in [-0.2, 0) is 16.0 Å². The van der Waals surface area contributed by atoms with Crippen molar-refractivity contribution in [2.75, 3.05) is 19.7 Å². The Kier molecular flexibility index (Phi) is 9.70. The smallest absolute Gasteiger partial charge is 0.357 e. The second kappa shape index (κ2) is 13.8. The Morgan fingerprint density at radius 2 is 1.76 bits per heavy atom. The van der Waals surface area contributed by atoms with Gasteiger partial charge in [-0.3, -0.25) is 4.79 Å². The number of benzene rings is 3. The molecule has 0 aliphatic rings. The summed E-state index contributed by atoms with van der Waals surface area (Å²) in [4.78, 5) is 33.5. The summed E-state index contributed by atoms with van der Waals surface area (Å²) in [5, 5.41) is 13.9. The predicted molar refractivity (Wildman–Crippen MR) is 165 cm³/mol. The van der Waals surface area contributed by atoms with Crippen LogP contribution in [0.15, 0.2) is 77.0 Å². The van der Waals surface area contributed by atoms with Crippen molar-refractivity contribution in [3.05, 3.63) is 88.0 Å². The number of carbonyl (C=O) groups is 2. The number of ether oxygens (including phenoxy) is 2. The van der Waals surface area contributed by atoms with Crippen LogP contribution in [-0.4, -0.2) is 41.6 Å². The molecule has 5 aromatic rings. The Labute approximate surface area is 255 Å². The van der Waals surface area contributed by atoms with E-state index in [0.717, 1.165) is 22.2 Å². The van der Waals surface area contributed by atoms with Crippen LogP contribution in [0.3, 0.4) is 0 Å². The maximum Gasteiger partial charge on any atom is 0.357 e. The van der Waals surface area contributed by atoms with E-state index in [-0.39, 0.29) is 24.5 Å². The monoisotopic (exact) mass is 621 g/mol. The van der Waals surface area contributed by atoms with Crippen LogP contribution in [0.2, 0.25) is 10.0 Å². The fraction of sp³-hybridized carbons (Fsp3) is 0.200. The number of carbonyl (C=O) groups excluding carboxylic acids is 2. The average molecular weight is 623 g/mol. The minimum absolute atomic E-state index is 0.0935. The number of esters is 2. The van der Waals surface area contributed by atoms with Gasteiger partial charge in [0.1, 0.15) is 5.75 Å². The van der Waals surface area contributed by atoms with Crippen LogP contribution in [0.4, 0.5) is 10.8 Å². The molecule has 214 valence electrons. The summed E-state index contributed by atoms with van der Waals surface area (Å²) in [5.74, 6) is -0.702. The van der Waals surface area contributed by atoms with E-state index in [2.05, 4.69) is 25.5 Å². The molecule has 2 aromatic heterocycles. The number of halogens is 2. The second-order valence-electron chi connectivity index (χ2n) is 9.04. The predicted octanol–water partition coefficient (Wildman–Crippen LogP) is 7.87. The molecule has 9 nitrogen and oxygen atoms in total. The molecule has 0 saturated carbocycles. The number of pyridine rings is 1. The molecule has 5 rings (SSSR count). The minimum atomic E-state index is -0.567. The molecular weight excluding hydrogens is 597 g/mol. The van der Waals surface area contributed by atoms with Gasteiger partial charge in [0.25, 0.3) is 0 Å². The van der Waals surface area contributed by atoms with Crippen molar-refractivity contribution in [1.29, 1.82) is 0 Å². The largest absolute Gasteiger partial charge is 0.461 e. The van der Waals surface area contributed by atoms with E-state index in [1.165, 1.54) is 17.4 Å². The van der Waals surface area contributed by atoms with E-state index in [9.17, 15) is 9.59 Å². The Bertz CT molecular complexity index is 1780. The number of nitrogens with one attached hydrogen (secondary N) is 1. The Balaban J connectivity index is 1.09. The third-order valence-electron chi connectivity index (χ3n) is 6.11. The molecule has 0 amide bonds. The fourth-order valence-corrected chi connectivity index (χ4v) is 5.37. The highest BCUT2D eigenvalue weighted by Crippen LogP contribution is 2.37. The third-order valence-corrected chi connectivity index (χ3v) is 8.00. The molecule has 0 fully saturated rings. The number of azo groups is 1. The molecule has 42 heavy (non-hydrogen) atoms. The van der Waals surface area contributed by atoms with E-state index in [4.69, 9.17) is 32.7 Å². The van der Waals surface area contributed by atoms with Crippen molar-refractivity contribution in [1.82, 2.24) is 15.3 Å². The number of thiazole rings is 1. The van der Waals surface area contributed by atoms with E-state index < -0.39 is 11.9 Å². The first kappa shape index (κ1) is 29.5. The molecule has 0 bridgehead atoms. The standard InChI is InChI=1S/C30H25Cl2N5O4S/c1-2-40-29(39)24-17-25(20-5-3-4-6-22(20)34-24)41-26(38)14-16-33-15-13-18-7-9-19(10-8-18)36-37-30-35-23-12-11-21(31)27(32)28(23)42-30/h3-12,17,33H,2,13-16H2,1H3. The fourth-order valence-electron chi connectivity index (χ4n) is 4.06.